The molecule has 2 amide bonds. The SMILES string of the molecule is C=C(C)C(=O)NCN(C)C(=O)C(=C)C. The van der Waals surface area contributed by atoms with Gasteiger partial charge >= 0.3 is 0 Å². The summed E-state index contributed by atoms with van der Waals surface area (Å²) in [7, 11) is 1.59. The van der Waals surface area contributed by atoms with Gasteiger partial charge in [-0.15, -0.1) is 0 Å². The van der Waals surface area contributed by atoms with E-state index in [1.54, 1.807) is 20.9 Å². The lowest BCUT2D eigenvalue weighted by Crippen LogP contribution is -2.39. The summed E-state index contributed by atoms with van der Waals surface area (Å²) in [5, 5.41) is 2.54. The second-order valence-electron chi connectivity index (χ2n) is 3.23. The van der Waals surface area contributed by atoms with Gasteiger partial charge in [-0.05, 0) is 13.8 Å². The number of amides is 2. The zero-order valence-corrected chi connectivity index (χ0v) is 8.89. The van der Waals surface area contributed by atoms with Crippen molar-refractivity contribution in [1.29, 1.82) is 0 Å². The molecule has 0 aliphatic rings. The van der Waals surface area contributed by atoms with Crippen LogP contribution in [0.4, 0.5) is 0 Å². The van der Waals surface area contributed by atoms with Gasteiger partial charge in [0.1, 0.15) is 0 Å². The maximum absolute atomic E-state index is 11.3. The van der Waals surface area contributed by atoms with Crippen molar-refractivity contribution in [2.24, 2.45) is 0 Å². The lowest BCUT2D eigenvalue weighted by molar-refractivity contribution is -0.127. The van der Waals surface area contributed by atoms with Crippen LogP contribution in [0.15, 0.2) is 24.3 Å². The fraction of sp³-hybridized carbons (Fsp3) is 0.400. The minimum Gasteiger partial charge on any atom is -0.335 e. The van der Waals surface area contributed by atoms with Gasteiger partial charge in [0.2, 0.25) is 11.8 Å². The zero-order valence-electron chi connectivity index (χ0n) is 8.89. The lowest BCUT2D eigenvalue weighted by atomic mass is 10.3. The van der Waals surface area contributed by atoms with Gasteiger partial charge in [-0.3, -0.25) is 9.59 Å². The van der Waals surface area contributed by atoms with E-state index in [4.69, 9.17) is 0 Å². The van der Waals surface area contributed by atoms with Gasteiger partial charge in [0.05, 0.1) is 6.67 Å². The van der Waals surface area contributed by atoms with Crippen molar-refractivity contribution < 1.29 is 9.59 Å². The van der Waals surface area contributed by atoms with Crippen molar-refractivity contribution in [3.8, 4) is 0 Å². The summed E-state index contributed by atoms with van der Waals surface area (Å²) in [6.07, 6.45) is 0. The summed E-state index contributed by atoms with van der Waals surface area (Å²) in [4.78, 5) is 23.7. The summed E-state index contributed by atoms with van der Waals surface area (Å²) in [5.74, 6) is -0.446. The number of nitrogens with zero attached hydrogens (tertiary/aromatic N) is 1. The standard InChI is InChI=1S/C10H16N2O2/c1-7(2)9(13)11-6-12(5)10(14)8(3)4/h1,3,6H2,2,4-5H3,(H,11,13). The van der Waals surface area contributed by atoms with Crippen molar-refractivity contribution in [3.05, 3.63) is 24.3 Å². The summed E-state index contributed by atoms with van der Waals surface area (Å²) in [6, 6.07) is 0. The summed E-state index contributed by atoms with van der Waals surface area (Å²) >= 11 is 0. The predicted octanol–water partition coefficient (Wildman–Crippen LogP) is 0.671. The molecule has 78 valence electrons. The monoisotopic (exact) mass is 196 g/mol. The largest absolute Gasteiger partial charge is 0.335 e. The number of likely N-dealkylation sites (N-methyl/N-ethyl adjacent to an activating group) is 1. The molecule has 0 aliphatic carbocycles. The smallest absolute Gasteiger partial charge is 0.250 e. The Balaban J connectivity index is 4.03. The van der Waals surface area contributed by atoms with Gasteiger partial charge in [-0.2, -0.15) is 0 Å². The zero-order chi connectivity index (χ0) is 11.3. The molecule has 0 spiro atoms. The Morgan fingerprint density at radius 2 is 1.71 bits per heavy atom. The van der Waals surface area contributed by atoms with Crippen molar-refractivity contribution in [2.45, 2.75) is 13.8 Å². The molecule has 0 aromatic carbocycles. The van der Waals surface area contributed by atoms with Crippen molar-refractivity contribution in [3.63, 3.8) is 0 Å². The molecule has 0 fully saturated rings. The van der Waals surface area contributed by atoms with E-state index in [0.717, 1.165) is 0 Å². The predicted molar refractivity (Wildman–Crippen MR) is 55.4 cm³/mol. The van der Waals surface area contributed by atoms with Crippen molar-refractivity contribution in [2.75, 3.05) is 13.7 Å². The van der Waals surface area contributed by atoms with E-state index in [0.29, 0.717) is 11.1 Å². The van der Waals surface area contributed by atoms with Crippen LogP contribution >= 0.6 is 0 Å². The topological polar surface area (TPSA) is 49.4 Å². The van der Waals surface area contributed by atoms with Crippen LogP contribution in [0.1, 0.15) is 13.8 Å². The number of nitrogens with one attached hydrogen (secondary N) is 1. The molecule has 0 unspecified atom stereocenters. The highest BCUT2D eigenvalue weighted by atomic mass is 16.2. The van der Waals surface area contributed by atoms with Crippen molar-refractivity contribution in [1.82, 2.24) is 10.2 Å². The summed E-state index contributed by atoms with van der Waals surface area (Å²) in [6.45, 7) is 10.4. The third kappa shape index (κ3) is 3.89. The maximum atomic E-state index is 11.3. The van der Waals surface area contributed by atoms with Crippen LogP contribution < -0.4 is 5.32 Å². The first-order valence-electron chi connectivity index (χ1n) is 4.21. The quantitative estimate of drug-likeness (QED) is 0.530. The molecule has 0 radical (unpaired) electrons. The Morgan fingerprint density at radius 3 is 2.07 bits per heavy atom. The summed E-state index contributed by atoms with van der Waals surface area (Å²) in [5.41, 5.74) is 0.859. The van der Waals surface area contributed by atoms with Gasteiger partial charge < -0.3 is 10.2 Å². The third-order valence-electron chi connectivity index (χ3n) is 1.58. The van der Waals surface area contributed by atoms with E-state index in [1.807, 2.05) is 0 Å². The summed E-state index contributed by atoms with van der Waals surface area (Å²) < 4.78 is 0. The number of hydrogen-bond acceptors (Lipinski definition) is 2. The second-order valence-corrected chi connectivity index (χ2v) is 3.23. The first-order valence-corrected chi connectivity index (χ1v) is 4.21. The van der Waals surface area contributed by atoms with Gasteiger partial charge in [0, 0.05) is 18.2 Å². The molecule has 0 bridgehead atoms. The minimum atomic E-state index is -0.258. The first kappa shape index (κ1) is 12.4. The van der Waals surface area contributed by atoms with Gasteiger partial charge in [-0.25, -0.2) is 0 Å². The number of carbonyl (C=O) groups is 2. The Kier molecular flexibility index (Phi) is 4.63. The highest BCUT2D eigenvalue weighted by Crippen LogP contribution is 1.94. The van der Waals surface area contributed by atoms with Gasteiger partial charge in [-0.1, -0.05) is 13.2 Å². The van der Waals surface area contributed by atoms with Crippen LogP contribution in [0, 0.1) is 0 Å². The van der Waals surface area contributed by atoms with E-state index in [-0.39, 0.29) is 18.5 Å². The Labute approximate surface area is 84.3 Å². The molecule has 0 rings (SSSR count). The van der Waals surface area contributed by atoms with Crippen molar-refractivity contribution >= 4 is 11.8 Å². The van der Waals surface area contributed by atoms with E-state index in [9.17, 15) is 9.59 Å². The molecule has 0 saturated carbocycles. The fourth-order valence-corrected chi connectivity index (χ4v) is 0.739. The van der Waals surface area contributed by atoms with E-state index in [2.05, 4.69) is 18.5 Å². The third-order valence-corrected chi connectivity index (χ3v) is 1.58. The molecule has 0 aromatic rings. The fourth-order valence-electron chi connectivity index (χ4n) is 0.739. The van der Waals surface area contributed by atoms with Gasteiger partial charge in [0.25, 0.3) is 0 Å². The van der Waals surface area contributed by atoms with Crippen LogP contribution in [0.3, 0.4) is 0 Å². The average molecular weight is 196 g/mol. The van der Waals surface area contributed by atoms with Gasteiger partial charge in [0.15, 0.2) is 0 Å². The molecule has 4 heteroatoms. The molecule has 0 saturated heterocycles. The number of hydrogen-bond donors (Lipinski definition) is 1. The maximum Gasteiger partial charge on any atom is 0.250 e. The lowest BCUT2D eigenvalue weighted by Gasteiger charge is -2.17. The Morgan fingerprint density at radius 1 is 1.21 bits per heavy atom. The van der Waals surface area contributed by atoms with E-state index in [1.165, 1.54) is 4.90 Å². The Bertz CT molecular complexity index is 282. The average Bonchev–Trinajstić information content (AvgIpc) is 2.11. The van der Waals surface area contributed by atoms with Crippen LogP contribution in [0.25, 0.3) is 0 Å². The molecule has 14 heavy (non-hydrogen) atoms. The van der Waals surface area contributed by atoms with E-state index < -0.39 is 0 Å². The van der Waals surface area contributed by atoms with Crippen LogP contribution in [-0.4, -0.2) is 30.4 Å². The molecular formula is C10H16N2O2. The highest BCUT2D eigenvalue weighted by Gasteiger charge is 2.09. The second kappa shape index (κ2) is 5.21. The van der Waals surface area contributed by atoms with Crippen LogP contribution in [0.2, 0.25) is 0 Å². The van der Waals surface area contributed by atoms with Crippen LogP contribution in [0.5, 0.6) is 0 Å². The van der Waals surface area contributed by atoms with E-state index >= 15 is 0 Å². The van der Waals surface area contributed by atoms with Crippen LogP contribution in [-0.2, 0) is 9.59 Å². The molecule has 0 aromatic heterocycles. The molecule has 0 atom stereocenters. The Hall–Kier alpha value is -1.58. The number of rotatable bonds is 4. The molecule has 0 heterocycles. The molecule has 1 N–H and O–H groups in total. The highest BCUT2D eigenvalue weighted by molar-refractivity contribution is 5.94. The first-order chi connectivity index (χ1) is 6.36. The normalized spacial score (nSPS) is 9.07. The number of carbonyl (C=O) groups excluding carboxylic acids is 2. The minimum absolute atomic E-state index is 0.164. The molecular weight excluding hydrogens is 180 g/mol. The molecule has 4 nitrogen and oxygen atoms in total. The molecule has 0 aliphatic heterocycles.